The third-order valence-corrected chi connectivity index (χ3v) is 2.69. The second kappa shape index (κ2) is 5.21. The number of carbonyl (C=O) groups excluding carboxylic acids is 2. The summed E-state index contributed by atoms with van der Waals surface area (Å²) in [6, 6.07) is 4.94. The standard InChI is InChI=1S/C14H19NO3/c1-9-5-6-10(7-11(9)15)13(17)18-8-12(16)14(2,3)4/h5-7H,8,15H2,1-4H3. The molecule has 0 aromatic heterocycles. The van der Waals surface area contributed by atoms with Gasteiger partial charge in [-0.25, -0.2) is 4.79 Å². The molecule has 1 rings (SSSR count). The molecule has 0 unspecified atom stereocenters. The summed E-state index contributed by atoms with van der Waals surface area (Å²) in [5, 5.41) is 0. The molecule has 1 aromatic rings. The van der Waals surface area contributed by atoms with Crippen LogP contribution in [0.4, 0.5) is 5.69 Å². The number of nitrogens with two attached hydrogens (primary N) is 1. The van der Waals surface area contributed by atoms with E-state index in [2.05, 4.69) is 0 Å². The Morgan fingerprint density at radius 3 is 2.39 bits per heavy atom. The van der Waals surface area contributed by atoms with E-state index in [0.29, 0.717) is 11.3 Å². The molecule has 0 spiro atoms. The highest BCUT2D eigenvalue weighted by atomic mass is 16.5. The maximum Gasteiger partial charge on any atom is 0.338 e. The van der Waals surface area contributed by atoms with Gasteiger partial charge in [-0.2, -0.15) is 0 Å². The Bertz CT molecular complexity index is 472. The maximum atomic E-state index is 11.7. The number of esters is 1. The molecule has 2 N–H and O–H groups in total. The summed E-state index contributed by atoms with van der Waals surface area (Å²) in [5.41, 5.74) is 7.00. The topological polar surface area (TPSA) is 69.4 Å². The highest BCUT2D eigenvalue weighted by Crippen LogP contribution is 2.16. The van der Waals surface area contributed by atoms with Crippen LogP contribution in [0.1, 0.15) is 36.7 Å². The molecular weight excluding hydrogens is 230 g/mol. The molecule has 0 atom stereocenters. The summed E-state index contributed by atoms with van der Waals surface area (Å²) < 4.78 is 4.97. The number of nitrogen functional groups attached to an aromatic ring is 1. The Kier molecular flexibility index (Phi) is 4.11. The first-order valence-electron chi connectivity index (χ1n) is 5.78. The van der Waals surface area contributed by atoms with Gasteiger partial charge in [0.15, 0.2) is 12.4 Å². The second-order valence-electron chi connectivity index (χ2n) is 5.32. The normalized spacial score (nSPS) is 11.1. The zero-order chi connectivity index (χ0) is 13.9. The van der Waals surface area contributed by atoms with Crippen LogP contribution in [0.3, 0.4) is 0 Å². The third-order valence-electron chi connectivity index (χ3n) is 2.69. The zero-order valence-corrected chi connectivity index (χ0v) is 11.2. The molecule has 98 valence electrons. The summed E-state index contributed by atoms with van der Waals surface area (Å²) in [4.78, 5) is 23.3. The summed E-state index contributed by atoms with van der Waals surface area (Å²) in [5.74, 6) is -0.643. The molecule has 0 heterocycles. The van der Waals surface area contributed by atoms with E-state index >= 15 is 0 Å². The van der Waals surface area contributed by atoms with Gasteiger partial charge in [0.25, 0.3) is 0 Å². The Morgan fingerprint density at radius 1 is 1.28 bits per heavy atom. The van der Waals surface area contributed by atoms with Gasteiger partial charge in [-0.3, -0.25) is 4.79 Å². The number of carbonyl (C=O) groups is 2. The lowest BCUT2D eigenvalue weighted by Gasteiger charge is -2.16. The Morgan fingerprint density at radius 2 is 1.89 bits per heavy atom. The average Bonchev–Trinajstić information content (AvgIpc) is 2.27. The fourth-order valence-corrected chi connectivity index (χ4v) is 1.20. The molecule has 18 heavy (non-hydrogen) atoms. The smallest absolute Gasteiger partial charge is 0.338 e. The Labute approximate surface area is 107 Å². The van der Waals surface area contributed by atoms with Crippen LogP contribution in [0, 0.1) is 12.3 Å². The molecule has 0 bridgehead atoms. The highest BCUT2D eigenvalue weighted by molar-refractivity contribution is 5.93. The summed E-state index contributed by atoms with van der Waals surface area (Å²) in [6.45, 7) is 7.00. The summed E-state index contributed by atoms with van der Waals surface area (Å²) in [7, 11) is 0. The van der Waals surface area contributed by atoms with E-state index in [1.54, 1.807) is 39.0 Å². The molecule has 4 heteroatoms. The van der Waals surface area contributed by atoms with Crippen LogP contribution in [-0.4, -0.2) is 18.4 Å². The van der Waals surface area contributed by atoms with E-state index < -0.39 is 11.4 Å². The second-order valence-corrected chi connectivity index (χ2v) is 5.32. The van der Waals surface area contributed by atoms with Crippen LogP contribution in [0.2, 0.25) is 0 Å². The number of aryl methyl sites for hydroxylation is 1. The summed E-state index contributed by atoms with van der Waals surface area (Å²) in [6.07, 6.45) is 0. The van der Waals surface area contributed by atoms with Gasteiger partial charge in [0.2, 0.25) is 0 Å². The van der Waals surface area contributed by atoms with E-state index in [0.717, 1.165) is 5.56 Å². The lowest BCUT2D eigenvalue weighted by Crippen LogP contribution is -2.26. The molecule has 0 saturated carbocycles. The van der Waals surface area contributed by atoms with Crippen LogP contribution in [-0.2, 0) is 9.53 Å². The third kappa shape index (κ3) is 3.58. The van der Waals surface area contributed by atoms with Crippen molar-refractivity contribution in [1.82, 2.24) is 0 Å². The van der Waals surface area contributed by atoms with E-state index in [-0.39, 0.29) is 12.4 Å². The maximum absolute atomic E-state index is 11.7. The van der Waals surface area contributed by atoms with Gasteiger partial charge in [0.1, 0.15) is 0 Å². The number of ketones is 1. The van der Waals surface area contributed by atoms with Crippen LogP contribution in [0.5, 0.6) is 0 Å². The molecule has 0 radical (unpaired) electrons. The van der Waals surface area contributed by atoms with Gasteiger partial charge in [-0.1, -0.05) is 26.8 Å². The molecule has 4 nitrogen and oxygen atoms in total. The number of rotatable bonds is 3. The zero-order valence-electron chi connectivity index (χ0n) is 11.2. The van der Waals surface area contributed by atoms with Gasteiger partial charge in [0.05, 0.1) is 5.56 Å². The van der Waals surface area contributed by atoms with Gasteiger partial charge < -0.3 is 10.5 Å². The number of hydrogen-bond donors (Lipinski definition) is 1. The predicted molar refractivity (Wildman–Crippen MR) is 70.3 cm³/mol. The average molecular weight is 249 g/mol. The largest absolute Gasteiger partial charge is 0.454 e. The van der Waals surface area contributed by atoms with E-state index in [4.69, 9.17) is 10.5 Å². The predicted octanol–water partition coefficient (Wildman–Crippen LogP) is 2.35. The number of anilines is 1. The SMILES string of the molecule is Cc1ccc(C(=O)OCC(=O)C(C)(C)C)cc1N. The quantitative estimate of drug-likeness (QED) is 0.659. The van der Waals surface area contributed by atoms with Crippen molar-refractivity contribution >= 4 is 17.4 Å². The number of Topliss-reactive ketones (excluding diaryl/α,β-unsaturated/α-hetero) is 1. The van der Waals surface area contributed by atoms with Crippen LogP contribution < -0.4 is 5.73 Å². The van der Waals surface area contributed by atoms with E-state index in [9.17, 15) is 9.59 Å². The monoisotopic (exact) mass is 249 g/mol. The minimum Gasteiger partial charge on any atom is -0.454 e. The van der Waals surface area contributed by atoms with Crippen molar-refractivity contribution in [2.45, 2.75) is 27.7 Å². The molecule has 0 aliphatic heterocycles. The van der Waals surface area contributed by atoms with Crippen molar-refractivity contribution in [2.24, 2.45) is 5.41 Å². The molecule has 0 saturated heterocycles. The molecule has 0 fully saturated rings. The highest BCUT2D eigenvalue weighted by Gasteiger charge is 2.22. The minimum atomic E-state index is -0.528. The number of ether oxygens (including phenoxy) is 1. The Hall–Kier alpha value is -1.84. The molecule has 0 aliphatic rings. The number of benzene rings is 1. The van der Waals surface area contributed by atoms with Crippen LogP contribution in [0.15, 0.2) is 18.2 Å². The Balaban J connectivity index is 2.66. The summed E-state index contributed by atoms with van der Waals surface area (Å²) >= 11 is 0. The van der Waals surface area contributed by atoms with E-state index in [1.165, 1.54) is 0 Å². The van der Waals surface area contributed by atoms with Gasteiger partial charge >= 0.3 is 5.97 Å². The first-order chi connectivity index (χ1) is 8.21. The lowest BCUT2D eigenvalue weighted by molar-refractivity contribution is -0.129. The van der Waals surface area contributed by atoms with Crippen molar-refractivity contribution < 1.29 is 14.3 Å². The fourth-order valence-electron chi connectivity index (χ4n) is 1.20. The van der Waals surface area contributed by atoms with Crippen molar-refractivity contribution in [3.8, 4) is 0 Å². The molecule has 0 aliphatic carbocycles. The molecule has 0 amide bonds. The molecule has 1 aromatic carbocycles. The van der Waals surface area contributed by atoms with Gasteiger partial charge in [-0.05, 0) is 24.6 Å². The first kappa shape index (κ1) is 14.2. The molecular formula is C14H19NO3. The number of hydrogen-bond acceptors (Lipinski definition) is 4. The van der Waals surface area contributed by atoms with Crippen LogP contribution >= 0.6 is 0 Å². The van der Waals surface area contributed by atoms with Crippen molar-refractivity contribution in [3.63, 3.8) is 0 Å². The van der Waals surface area contributed by atoms with Crippen molar-refractivity contribution in [2.75, 3.05) is 12.3 Å². The first-order valence-corrected chi connectivity index (χ1v) is 5.78. The van der Waals surface area contributed by atoms with Crippen molar-refractivity contribution in [3.05, 3.63) is 29.3 Å². The van der Waals surface area contributed by atoms with E-state index in [1.807, 2.05) is 6.92 Å². The van der Waals surface area contributed by atoms with Gasteiger partial charge in [0, 0.05) is 11.1 Å². The minimum absolute atomic E-state index is 0.115. The van der Waals surface area contributed by atoms with Crippen LogP contribution in [0.25, 0.3) is 0 Å². The lowest BCUT2D eigenvalue weighted by atomic mass is 9.91. The van der Waals surface area contributed by atoms with Crippen molar-refractivity contribution in [1.29, 1.82) is 0 Å². The fraction of sp³-hybridized carbons (Fsp3) is 0.429. The van der Waals surface area contributed by atoms with Gasteiger partial charge in [-0.15, -0.1) is 0 Å².